The van der Waals surface area contributed by atoms with Crippen molar-refractivity contribution in [3.05, 3.63) is 28.3 Å². The van der Waals surface area contributed by atoms with E-state index in [2.05, 4.69) is 4.74 Å². The number of benzene rings is 1. The zero-order chi connectivity index (χ0) is 9.14. The van der Waals surface area contributed by atoms with Crippen molar-refractivity contribution in [3.63, 3.8) is 0 Å². The van der Waals surface area contributed by atoms with Crippen molar-refractivity contribution in [2.45, 2.75) is 0 Å². The van der Waals surface area contributed by atoms with Gasteiger partial charge in [-0.15, -0.1) is 0 Å². The number of phenols is 1. The number of hydrogen-bond donors (Lipinski definition) is 1. The third kappa shape index (κ3) is 2.58. The summed E-state index contributed by atoms with van der Waals surface area (Å²) in [5, 5.41) is 19.5. The van der Waals surface area contributed by atoms with E-state index in [1.54, 1.807) is 0 Å². The van der Waals surface area contributed by atoms with E-state index in [1.807, 2.05) is 0 Å². The van der Waals surface area contributed by atoms with Gasteiger partial charge in [0.05, 0.1) is 12.0 Å². The van der Waals surface area contributed by atoms with Crippen molar-refractivity contribution in [2.75, 3.05) is 7.11 Å². The van der Waals surface area contributed by atoms with E-state index in [4.69, 9.17) is 0 Å². The normalized spacial score (nSPS) is 8.69. The molecule has 1 aromatic carbocycles. The molecule has 0 fully saturated rings. The molecule has 66 valence electrons. The Morgan fingerprint density at radius 1 is 1.54 bits per heavy atom. The van der Waals surface area contributed by atoms with Crippen LogP contribution in [0.3, 0.4) is 0 Å². The van der Waals surface area contributed by atoms with Gasteiger partial charge in [-0.2, -0.15) is 0 Å². The molecule has 0 aliphatic rings. The van der Waals surface area contributed by atoms with Gasteiger partial charge >= 0.3 is 35.2 Å². The zero-order valence-corrected chi connectivity index (χ0v) is 6.35. The van der Waals surface area contributed by atoms with E-state index in [0.29, 0.717) is 0 Å². The van der Waals surface area contributed by atoms with Gasteiger partial charge in [0.25, 0.3) is 0 Å². The summed E-state index contributed by atoms with van der Waals surface area (Å²) in [7, 11) is 1.33. The molecular weight excluding hydrogens is 185 g/mol. The second kappa shape index (κ2) is 5.06. The predicted molar refractivity (Wildman–Crippen MR) is 48.5 cm³/mol. The van der Waals surface area contributed by atoms with Gasteiger partial charge in [0.1, 0.15) is 0 Å². The number of methoxy groups -OCH3 is 1. The van der Waals surface area contributed by atoms with E-state index in [1.165, 1.54) is 25.3 Å². The minimum absolute atomic E-state index is 0. The van der Waals surface area contributed by atoms with E-state index < -0.39 is 10.7 Å². The van der Waals surface area contributed by atoms with E-state index >= 15 is 0 Å². The van der Waals surface area contributed by atoms with E-state index in [-0.39, 0.29) is 41.0 Å². The molecule has 5 nitrogen and oxygen atoms in total. The first kappa shape index (κ1) is 12.2. The zero-order valence-electron chi connectivity index (χ0n) is 6.35. The topological polar surface area (TPSA) is 72.6 Å². The summed E-state index contributed by atoms with van der Waals surface area (Å²) >= 11 is 0. The van der Waals surface area contributed by atoms with Crippen LogP contribution in [0.5, 0.6) is 11.5 Å². The van der Waals surface area contributed by atoms with Gasteiger partial charge in [-0.3, -0.25) is 10.1 Å². The van der Waals surface area contributed by atoms with E-state index in [9.17, 15) is 15.2 Å². The van der Waals surface area contributed by atoms with Crippen molar-refractivity contribution in [1.82, 2.24) is 0 Å². The molecule has 1 rings (SSSR count). The van der Waals surface area contributed by atoms with Gasteiger partial charge in [-0.25, -0.2) is 0 Å². The summed E-state index contributed by atoms with van der Waals surface area (Å²) < 4.78 is 4.68. The Labute approximate surface area is 96.8 Å². The van der Waals surface area contributed by atoms with Gasteiger partial charge in [-0.1, -0.05) is 6.07 Å². The number of nitro groups is 1. The number of nitro benzene ring substituents is 1. The number of para-hydroxylation sites is 1. The van der Waals surface area contributed by atoms with Crippen LogP contribution in [0.2, 0.25) is 0 Å². The maximum absolute atomic E-state index is 10.3. The fraction of sp³-hybridized carbons (Fsp3) is 0.143. The van der Waals surface area contributed by atoms with Gasteiger partial charge in [-0.05, 0) is 6.07 Å². The second-order valence-corrected chi connectivity index (χ2v) is 2.09. The third-order valence-corrected chi connectivity index (χ3v) is 1.39. The number of nitrogens with zero attached hydrogens (tertiary/aromatic N) is 1. The number of ether oxygens (including phenoxy) is 1. The SMILES string of the molecule is COc1cccc([N+](=O)[O-])c1O.[NaH]. The molecule has 1 N–H and O–H groups in total. The summed E-state index contributed by atoms with van der Waals surface area (Å²) in [6, 6.07) is 4.09. The number of hydrogen-bond acceptors (Lipinski definition) is 4. The summed E-state index contributed by atoms with van der Waals surface area (Å²) in [5.74, 6) is -0.339. The minimum atomic E-state index is -0.669. The van der Waals surface area contributed by atoms with Crippen LogP contribution in [0.25, 0.3) is 0 Å². The van der Waals surface area contributed by atoms with Crippen LogP contribution in [0.15, 0.2) is 18.2 Å². The first-order valence-electron chi connectivity index (χ1n) is 3.17. The molecule has 13 heavy (non-hydrogen) atoms. The Morgan fingerprint density at radius 3 is 2.62 bits per heavy atom. The molecular formula is C7H8NNaO4. The monoisotopic (exact) mass is 193 g/mol. The maximum atomic E-state index is 10.3. The summed E-state index contributed by atoms with van der Waals surface area (Å²) in [6.45, 7) is 0. The first-order valence-corrected chi connectivity index (χ1v) is 3.17. The molecule has 0 spiro atoms. The summed E-state index contributed by atoms with van der Waals surface area (Å²) in [5.41, 5.74) is -0.352. The van der Waals surface area contributed by atoms with Crippen LogP contribution < -0.4 is 4.74 Å². The molecule has 0 heterocycles. The third-order valence-electron chi connectivity index (χ3n) is 1.39. The Morgan fingerprint density at radius 2 is 2.15 bits per heavy atom. The van der Waals surface area contributed by atoms with E-state index in [0.717, 1.165) is 0 Å². The van der Waals surface area contributed by atoms with Crippen molar-refractivity contribution < 1.29 is 14.8 Å². The molecule has 0 aliphatic heterocycles. The number of phenolic OH excluding ortho intramolecular Hbond substituents is 1. The van der Waals surface area contributed by atoms with Crippen molar-refractivity contribution in [1.29, 1.82) is 0 Å². The number of aromatic hydroxyl groups is 1. The average molecular weight is 193 g/mol. The fourth-order valence-electron chi connectivity index (χ4n) is 0.823. The standard InChI is InChI=1S/C7H7NO4.Na.H/c1-12-6-4-2-3-5(7(6)9)8(10)11;;/h2-4,9H,1H3;;. The quantitative estimate of drug-likeness (QED) is 0.425. The van der Waals surface area contributed by atoms with Gasteiger partial charge in [0.2, 0.25) is 5.75 Å². The van der Waals surface area contributed by atoms with Crippen LogP contribution in [0.1, 0.15) is 0 Å². The Bertz CT molecular complexity index is 315. The van der Waals surface area contributed by atoms with Crippen LogP contribution in [0, 0.1) is 10.1 Å². The molecule has 0 amide bonds. The fourth-order valence-corrected chi connectivity index (χ4v) is 0.823. The summed E-state index contributed by atoms with van der Waals surface area (Å²) in [4.78, 5) is 9.61. The molecule has 1 aromatic rings. The molecule has 0 radical (unpaired) electrons. The average Bonchev–Trinajstić information content (AvgIpc) is 2.04. The second-order valence-electron chi connectivity index (χ2n) is 2.09. The molecule has 0 atom stereocenters. The Kier molecular flexibility index (Phi) is 4.76. The van der Waals surface area contributed by atoms with Crippen LogP contribution in [0.4, 0.5) is 5.69 Å². The first-order chi connectivity index (χ1) is 5.66. The Hall–Kier alpha value is -0.780. The molecule has 0 saturated carbocycles. The molecule has 0 bridgehead atoms. The van der Waals surface area contributed by atoms with Crippen LogP contribution >= 0.6 is 0 Å². The van der Waals surface area contributed by atoms with Crippen molar-refractivity contribution in [3.8, 4) is 11.5 Å². The van der Waals surface area contributed by atoms with Crippen LogP contribution in [-0.4, -0.2) is 46.7 Å². The van der Waals surface area contributed by atoms with Gasteiger partial charge < -0.3 is 9.84 Å². The molecule has 0 saturated heterocycles. The summed E-state index contributed by atoms with van der Waals surface area (Å²) in [6.07, 6.45) is 0. The predicted octanol–water partition coefficient (Wildman–Crippen LogP) is 0.660. The number of rotatable bonds is 2. The molecule has 0 aliphatic carbocycles. The molecule has 0 aromatic heterocycles. The van der Waals surface area contributed by atoms with Crippen molar-refractivity contribution >= 4 is 35.2 Å². The Balaban J connectivity index is 0.00000144. The van der Waals surface area contributed by atoms with Crippen molar-refractivity contribution in [2.24, 2.45) is 0 Å². The van der Waals surface area contributed by atoms with Gasteiger partial charge in [0, 0.05) is 6.07 Å². The molecule has 6 heteroatoms. The molecule has 0 unspecified atom stereocenters. The van der Waals surface area contributed by atoms with Crippen LogP contribution in [-0.2, 0) is 0 Å². The van der Waals surface area contributed by atoms with Gasteiger partial charge in [0.15, 0.2) is 5.75 Å².